The van der Waals surface area contributed by atoms with Crippen molar-refractivity contribution in [2.45, 2.75) is 45.1 Å². The number of aromatic carboxylic acids is 1. The van der Waals surface area contributed by atoms with Gasteiger partial charge in [0.1, 0.15) is 5.82 Å². The number of rotatable bonds is 3. The SMILES string of the molecule is Cc1ccc2cc(-c3nc4cc(C(=O)O)ccc4n3C3CCCCC3)cnc2n1. The molecular formula is C23H22N4O2. The summed E-state index contributed by atoms with van der Waals surface area (Å²) >= 11 is 0. The van der Waals surface area contributed by atoms with E-state index >= 15 is 0 Å². The predicted octanol–water partition coefficient (Wildman–Crippen LogP) is 5.16. The summed E-state index contributed by atoms with van der Waals surface area (Å²) in [4.78, 5) is 25.4. The summed E-state index contributed by atoms with van der Waals surface area (Å²) in [7, 11) is 0. The van der Waals surface area contributed by atoms with Gasteiger partial charge in [0.05, 0.1) is 16.6 Å². The molecule has 146 valence electrons. The first-order valence-electron chi connectivity index (χ1n) is 10.1. The lowest BCUT2D eigenvalue weighted by Crippen LogP contribution is -2.14. The molecule has 3 aromatic heterocycles. The average molecular weight is 386 g/mol. The zero-order chi connectivity index (χ0) is 20.0. The van der Waals surface area contributed by atoms with E-state index in [-0.39, 0.29) is 5.56 Å². The molecule has 1 fully saturated rings. The van der Waals surface area contributed by atoms with Crippen LogP contribution in [0.1, 0.15) is 54.2 Å². The quantitative estimate of drug-likeness (QED) is 0.526. The Bertz CT molecular complexity index is 1240. The fourth-order valence-electron chi connectivity index (χ4n) is 4.37. The zero-order valence-electron chi connectivity index (χ0n) is 16.3. The smallest absolute Gasteiger partial charge is 0.335 e. The van der Waals surface area contributed by atoms with E-state index in [0.29, 0.717) is 11.6 Å². The van der Waals surface area contributed by atoms with E-state index in [1.54, 1.807) is 12.1 Å². The third kappa shape index (κ3) is 3.14. The van der Waals surface area contributed by atoms with Gasteiger partial charge in [-0.05, 0) is 56.2 Å². The number of hydrogen-bond donors (Lipinski definition) is 1. The molecule has 29 heavy (non-hydrogen) atoms. The fraction of sp³-hybridized carbons (Fsp3) is 0.304. The highest BCUT2D eigenvalue weighted by molar-refractivity contribution is 5.93. The summed E-state index contributed by atoms with van der Waals surface area (Å²) in [6.07, 6.45) is 7.73. The van der Waals surface area contributed by atoms with E-state index in [9.17, 15) is 9.90 Å². The van der Waals surface area contributed by atoms with Crippen LogP contribution in [0.3, 0.4) is 0 Å². The van der Waals surface area contributed by atoms with Gasteiger partial charge in [-0.15, -0.1) is 0 Å². The second-order valence-electron chi connectivity index (χ2n) is 7.83. The minimum Gasteiger partial charge on any atom is -0.478 e. The zero-order valence-corrected chi connectivity index (χ0v) is 16.3. The standard InChI is InChI=1S/C23H22N4O2/c1-14-7-8-15-11-17(13-24-21(15)25-14)22-26-19-12-16(23(28)29)9-10-20(19)27(22)18-5-3-2-4-6-18/h7-13,18H,2-6H2,1H3,(H,28,29). The molecule has 1 N–H and O–H groups in total. The number of fused-ring (bicyclic) bond motifs is 2. The number of nitrogens with zero attached hydrogens (tertiary/aromatic N) is 4. The van der Waals surface area contributed by atoms with Gasteiger partial charge in [0.25, 0.3) is 0 Å². The largest absolute Gasteiger partial charge is 0.478 e. The first-order chi connectivity index (χ1) is 14.1. The van der Waals surface area contributed by atoms with E-state index in [0.717, 1.165) is 46.5 Å². The number of carboxylic acid groups (broad SMARTS) is 1. The van der Waals surface area contributed by atoms with Crippen LogP contribution in [0.15, 0.2) is 42.6 Å². The van der Waals surface area contributed by atoms with Crippen molar-refractivity contribution in [3.05, 3.63) is 53.9 Å². The van der Waals surface area contributed by atoms with Gasteiger partial charge in [0.2, 0.25) is 0 Å². The van der Waals surface area contributed by atoms with Crippen molar-refractivity contribution in [1.82, 2.24) is 19.5 Å². The molecule has 0 saturated heterocycles. The van der Waals surface area contributed by atoms with E-state index in [1.165, 1.54) is 19.3 Å². The Labute approximate surface area is 168 Å². The normalized spacial score (nSPS) is 15.2. The molecule has 0 radical (unpaired) electrons. The predicted molar refractivity (Wildman–Crippen MR) is 112 cm³/mol. The minimum absolute atomic E-state index is 0.258. The molecule has 0 aliphatic heterocycles. The molecule has 0 atom stereocenters. The Morgan fingerprint density at radius 3 is 2.69 bits per heavy atom. The summed E-state index contributed by atoms with van der Waals surface area (Å²) < 4.78 is 2.30. The highest BCUT2D eigenvalue weighted by Gasteiger charge is 2.23. The highest BCUT2D eigenvalue weighted by Crippen LogP contribution is 2.36. The van der Waals surface area contributed by atoms with Crippen LogP contribution in [0.25, 0.3) is 33.5 Å². The van der Waals surface area contributed by atoms with Crippen molar-refractivity contribution in [3.8, 4) is 11.4 Å². The maximum absolute atomic E-state index is 11.4. The third-order valence-electron chi connectivity index (χ3n) is 5.82. The molecule has 1 aromatic carbocycles. The van der Waals surface area contributed by atoms with Gasteiger partial charge >= 0.3 is 5.97 Å². The number of aromatic nitrogens is 4. The lowest BCUT2D eigenvalue weighted by Gasteiger charge is -2.25. The number of pyridine rings is 2. The molecule has 6 heteroatoms. The van der Waals surface area contributed by atoms with Gasteiger partial charge in [0.15, 0.2) is 5.65 Å². The molecule has 0 unspecified atom stereocenters. The number of aryl methyl sites for hydroxylation is 1. The summed E-state index contributed by atoms with van der Waals surface area (Å²) in [5.41, 5.74) is 4.55. The van der Waals surface area contributed by atoms with Crippen LogP contribution in [0, 0.1) is 6.92 Å². The monoisotopic (exact) mass is 386 g/mol. The van der Waals surface area contributed by atoms with Crippen molar-refractivity contribution in [3.63, 3.8) is 0 Å². The number of benzene rings is 1. The van der Waals surface area contributed by atoms with E-state index in [2.05, 4.69) is 20.6 Å². The van der Waals surface area contributed by atoms with Crippen LogP contribution in [0.5, 0.6) is 0 Å². The van der Waals surface area contributed by atoms with Crippen LogP contribution in [0.2, 0.25) is 0 Å². The molecule has 1 aliphatic carbocycles. The molecule has 0 bridgehead atoms. The van der Waals surface area contributed by atoms with Crippen molar-refractivity contribution >= 4 is 28.0 Å². The van der Waals surface area contributed by atoms with Gasteiger partial charge < -0.3 is 9.67 Å². The summed E-state index contributed by atoms with van der Waals surface area (Å²) in [6.45, 7) is 1.96. The van der Waals surface area contributed by atoms with Gasteiger partial charge in [-0.2, -0.15) is 0 Å². The molecule has 5 rings (SSSR count). The van der Waals surface area contributed by atoms with Crippen LogP contribution >= 0.6 is 0 Å². The molecule has 4 aromatic rings. The van der Waals surface area contributed by atoms with Gasteiger partial charge in [-0.3, -0.25) is 0 Å². The number of imidazole rings is 1. The van der Waals surface area contributed by atoms with Crippen molar-refractivity contribution in [2.24, 2.45) is 0 Å². The average Bonchev–Trinajstić information content (AvgIpc) is 3.12. The second kappa shape index (κ2) is 6.95. The van der Waals surface area contributed by atoms with E-state index in [1.807, 2.05) is 31.3 Å². The Kier molecular flexibility index (Phi) is 4.27. The first-order valence-corrected chi connectivity index (χ1v) is 10.1. The number of carboxylic acids is 1. The molecule has 0 spiro atoms. The van der Waals surface area contributed by atoms with Crippen molar-refractivity contribution in [2.75, 3.05) is 0 Å². The van der Waals surface area contributed by atoms with Gasteiger partial charge in [-0.1, -0.05) is 19.3 Å². The molecule has 1 saturated carbocycles. The van der Waals surface area contributed by atoms with E-state index < -0.39 is 5.97 Å². The number of hydrogen-bond acceptors (Lipinski definition) is 4. The fourth-order valence-corrected chi connectivity index (χ4v) is 4.37. The van der Waals surface area contributed by atoms with Gasteiger partial charge in [0, 0.05) is 28.9 Å². The summed E-state index contributed by atoms with van der Waals surface area (Å²) in [6, 6.07) is 11.7. The minimum atomic E-state index is -0.936. The molecule has 3 heterocycles. The second-order valence-corrected chi connectivity index (χ2v) is 7.83. The topological polar surface area (TPSA) is 80.9 Å². The first kappa shape index (κ1) is 17.8. The highest BCUT2D eigenvalue weighted by atomic mass is 16.4. The van der Waals surface area contributed by atoms with Crippen LogP contribution in [0.4, 0.5) is 0 Å². The van der Waals surface area contributed by atoms with Crippen LogP contribution < -0.4 is 0 Å². The van der Waals surface area contributed by atoms with E-state index in [4.69, 9.17) is 4.98 Å². The lowest BCUT2D eigenvalue weighted by molar-refractivity contribution is 0.0697. The Morgan fingerprint density at radius 1 is 1.07 bits per heavy atom. The van der Waals surface area contributed by atoms with Crippen LogP contribution in [-0.4, -0.2) is 30.6 Å². The number of carbonyl (C=O) groups is 1. The molecule has 6 nitrogen and oxygen atoms in total. The maximum atomic E-state index is 11.4. The third-order valence-corrected chi connectivity index (χ3v) is 5.82. The van der Waals surface area contributed by atoms with Crippen LogP contribution in [-0.2, 0) is 0 Å². The Morgan fingerprint density at radius 2 is 1.90 bits per heavy atom. The lowest BCUT2D eigenvalue weighted by atomic mass is 9.95. The molecule has 0 amide bonds. The van der Waals surface area contributed by atoms with Crippen molar-refractivity contribution in [1.29, 1.82) is 0 Å². The van der Waals surface area contributed by atoms with Gasteiger partial charge in [-0.25, -0.2) is 19.7 Å². The molecular weight excluding hydrogens is 364 g/mol. The summed E-state index contributed by atoms with van der Waals surface area (Å²) in [5.74, 6) is -0.0844. The Balaban J connectivity index is 1.72. The molecule has 1 aliphatic rings. The summed E-state index contributed by atoms with van der Waals surface area (Å²) in [5, 5.41) is 10.3. The maximum Gasteiger partial charge on any atom is 0.335 e. The Hall–Kier alpha value is -3.28. The van der Waals surface area contributed by atoms with Crippen molar-refractivity contribution < 1.29 is 9.90 Å².